The zero-order valence-electron chi connectivity index (χ0n) is 26.5. The third kappa shape index (κ3) is 7.21. The molecule has 0 saturated carbocycles. The van der Waals surface area contributed by atoms with Crippen LogP contribution in [0.1, 0.15) is 72.2 Å². The summed E-state index contributed by atoms with van der Waals surface area (Å²) in [4.78, 5) is 0. The molecule has 0 aliphatic carbocycles. The van der Waals surface area contributed by atoms with Crippen LogP contribution in [-0.4, -0.2) is 24.9 Å². The maximum absolute atomic E-state index is 7.09. The van der Waals surface area contributed by atoms with Gasteiger partial charge in [-0.25, -0.2) is 0 Å². The molecule has 2 heterocycles. The van der Waals surface area contributed by atoms with E-state index in [2.05, 4.69) is 93.6 Å². The van der Waals surface area contributed by atoms with E-state index in [-0.39, 0.29) is 30.3 Å². The quantitative estimate of drug-likeness (QED) is 0.167. The number of hydrogen-bond acceptors (Lipinski definition) is 4. The van der Waals surface area contributed by atoms with Gasteiger partial charge in [-0.3, -0.25) is 0 Å². The molecule has 2 aliphatic heterocycles. The minimum Gasteiger partial charge on any atom is -0.487 e. The van der Waals surface area contributed by atoms with Gasteiger partial charge in [0.15, 0.2) is 0 Å². The Hall–Kier alpha value is -3.41. The lowest BCUT2D eigenvalue weighted by molar-refractivity contribution is -0.234. The monoisotopic (exact) mass is 622 g/mol. The highest BCUT2D eigenvalue weighted by atomic mass is 35.5. The molecular formula is C40H43ClO4. The average Bonchev–Trinajstić information content (AvgIpc) is 3.09. The maximum atomic E-state index is 7.09. The van der Waals surface area contributed by atoms with E-state index in [9.17, 15) is 0 Å². The minimum atomic E-state index is -0.380. The van der Waals surface area contributed by atoms with Crippen molar-refractivity contribution in [2.75, 3.05) is 6.61 Å². The van der Waals surface area contributed by atoms with E-state index in [1.54, 1.807) is 0 Å². The third-order valence-corrected chi connectivity index (χ3v) is 9.54. The maximum Gasteiger partial charge on any atom is 0.146 e. The second kappa shape index (κ2) is 14.8. The van der Waals surface area contributed by atoms with Crippen LogP contribution in [-0.2, 0) is 40.3 Å². The van der Waals surface area contributed by atoms with Gasteiger partial charge in [-0.2, -0.15) is 0 Å². The van der Waals surface area contributed by atoms with E-state index in [1.165, 1.54) is 11.1 Å². The SMILES string of the molecule is CCc1ccc(Cc2cc(C3O[C@H](CC)[C@@H](C)[C@H](OCc4ccccc4)[C@H]3OCc3ccccc3)c3c(c2Cl)OCC=C3)cc1. The molecule has 0 N–H and O–H groups in total. The van der Waals surface area contributed by atoms with Gasteiger partial charge in [-0.05, 0) is 58.7 Å². The van der Waals surface area contributed by atoms with Gasteiger partial charge in [0.05, 0.1) is 30.4 Å². The molecule has 4 aromatic rings. The Kier molecular flexibility index (Phi) is 10.4. The molecular weight excluding hydrogens is 580 g/mol. The van der Waals surface area contributed by atoms with Gasteiger partial charge >= 0.3 is 0 Å². The fraction of sp³-hybridized carbons (Fsp3) is 0.350. The minimum absolute atomic E-state index is 0.00259. The summed E-state index contributed by atoms with van der Waals surface area (Å²) in [5.41, 5.74) is 7.78. The second-order valence-electron chi connectivity index (χ2n) is 12.1. The summed E-state index contributed by atoms with van der Waals surface area (Å²) in [7, 11) is 0. The van der Waals surface area contributed by atoms with Crippen molar-refractivity contribution in [2.45, 2.75) is 77.7 Å². The third-order valence-electron chi connectivity index (χ3n) is 9.13. The normalized spacial score (nSPS) is 22.5. The summed E-state index contributed by atoms with van der Waals surface area (Å²) >= 11 is 7.09. The van der Waals surface area contributed by atoms with Crippen LogP contribution in [0.2, 0.25) is 5.02 Å². The number of benzene rings is 4. The van der Waals surface area contributed by atoms with Crippen molar-refractivity contribution in [3.05, 3.63) is 141 Å². The topological polar surface area (TPSA) is 36.9 Å². The second-order valence-corrected chi connectivity index (χ2v) is 12.5. The van der Waals surface area contributed by atoms with Gasteiger partial charge in [0.2, 0.25) is 0 Å². The first kappa shape index (κ1) is 31.6. The highest BCUT2D eigenvalue weighted by Gasteiger charge is 2.46. The summed E-state index contributed by atoms with van der Waals surface area (Å²) in [5, 5.41) is 0.660. The Labute approximate surface area is 272 Å². The van der Waals surface area contributed by atoms with E-state index in [1.807, 2.05) is 30.3 Å². The predicted molar refractivity (Wildman–Crippen MR) is 182 cm³/mol. The number of ether oxygens (including phenoxy) is 4. The molecule has 5 heteroatoms. The van der Waals surface area contributed by atoms with Gasteiger partial charge in [-0.15, -0.1) is 0 Å². The van der Waals surface area contributed by atoms with Crippen molar-refractivity contribution in [3.63, 3.8) is 0 Å². The van der Waals surface area contributed by atoms with Crippen LogP contribution in [0.3, 0.4) is 0 Å². The van der Waals surface area contributed by atoms with Gasteiger partial charge in [0.1, 0.15) is 24.6 Å². The average molecular weight is 623 g/mol. The van der Waals surface area contributed by atoms with Crippen LogP contribution in [0.15, 0.2) is 97.1 Å². The van der Waals surface area contributed by atoms with Crippen molar-refractivity contribution in [1.29, 1.82) is 0 Å². The lowest BCUT2D eigenvalue weighted by Crippen LogP contribution is -2.52. The predicted octanol–water partition coefficient (Wildman–Crippen LogP) is 9.56. The molecule has 2 aliphatic rings. The molecule has 0 amide bonds. The van der Waals surface area contributed by atoms with E-state index >= 15 is 0 Å². The molecule has 5 atom stereocenters. The Morgan fingerprint density at radius 1 is 0.778 bits per heavy atom. The summed E-state index contributed by atoms with van der Waals surface area (Å²) in [6, 6.07) is 31.7. The molecule has 0 radical (unpaired) electrons. The van der Waals surface area contributed by atoms with Crippen LogP contribution in [0.5, 0.6) is 5.75 Å². The number of rotatable bonds is 11. The summed E-state index contributed by atoms with van der Waals surface area (Å²) in [6.45, 7) is 8.03. The standard InChI is InChI=1S/C40H43ClO4/c1-4-28-18-20-29(21-19-28)23-32-24-34(33-17-12-22-42-38(33)36(32)41)39-40(44-26-31-15-10-7-11-16-31)37(27(3)35(5-2)45-39)43-25-30-13-8-6-9-14-30/h6-21,24,27,35,37,39-40H,4-5,22-23,25-26H2,1-3H3/t27-,35-,37+,39?,40-/m1/s1. The fourth-order valence-electron chi connectivity index (χ4n) is 6.56. The molecule has 1 unspecified atom stereocenters. The zero-order valence-corrected chi connectivity index (χ0v) is 27.2. The molecule has 4 aromatic carbocycles. The van der Waals surface area contributed by atoms with Crippen LogP contribution < -0.4 is 4.74 Å². The lowest BCUT2D eigenvalue weighted by atomic mass is 9.82. The molecule has 0 bridgehead atoms. The number of hydrogen-bond donors (Lipinski definition) is 0. The number of aryl methyl sites for hydroxylation is 1. The summed E-state index contributed by atoms with van der Waals surface area (Å²) in [6.07, 6.45) is 5.80. The van der Waals surface area contributed by atoms with Crippen LogP contribution >= 0.6 is 11.6 Å². The van der Waals surface area contributed by atoms with E-state index in [0.717, 1.165) is 46.4 Å². The molecule has 1 fully saturated rings. The zero-order chi connectivity index (χ0) is 31.2. The molecule has 0 aromatic heterocycles. The summed E-state index contributed by atoms with van der Waals surface area (Å²) < 4.78 is 26.9. The van der Waals surface area contributed by atoms with Crippen LogP contribution in [0.4, 0.5) is 0 Å². The van der Waals surface area contributed by atoms with Crippen molar-refractivity contribution in [3.8, 4) is 5.75 Å². The van der Waals surface area contributed by atoms with Gasteiger partial charge in [0.25, 0.3) is 0 Å². The number of fused-ring (bicyclic) bond motifs is 1. The Bertz CT molecular complexity index is 1570. The van der Waals surface area contributed by atoms with Crippen molar-refractivity contribution in [2.24, 2.45) is 5.92 Å². The smallest absolute Gasteiger partial charge is 0.146 e. The Morgan fingerprint density at radius 3 is 2.02 bits per heavy atom. The van der Waals surface area contributed by atoms with Crippen molar-refractivity contribution >= 4 is 17.7 Å². The lowest BCUT2D eigenvalue weighted by Gasteiger charge is -2.46. The first-order valence-electron chi connectivity index (χ1n) is 16.2. The highest BCUT2D eigenvalue weighted by Crippen LogP contribution is 2.47. The van der Waals surface area contributed by atoms with Crippen LogP contribution in [0, 0.1) is 5.92 Å². The highest BCUT2D eigenvalue weighted by molar-refractivity contribution is 6.33. The van der Waals surface area contributed by atoms with Gasteiger partial charge in [0, 0.05) is 11.5 Å². The van der Waals surface area contributed by atoms with E-state index < -0.39 is 0 Å². The van der Waals surface area contributed by atoms with Crippen LogP contribution in [0.25, 0.3) is 6.08 Å². The fourth-order valence-corrected chi connectivity index (χ4v) is 6.84. The van der Waals surface area contributed by atoms with Crippen molar-refractivity contribution in [1.82, 2.24) is 0 Å². The molecule has 1 saturated heterocycles. The first-order chi connectivity index (χ1) is 22.1. The van der Waals surface area contributed by atoms with Crippen molar-refractivity contribution < 1.29 is 18.9 Å². The molecule has 0 spiro atoms. The number of halogens is 1. The van der Waals surface area contributed by atoms with E-state index in [0.29, 0.717) is 31.3 Å². The van der Waals surface area contributed by atoms with Gasteiger partial charge < -0.3 is 18.9 Å². The van der Waals surface area contributed by atoms with E-state index in [4.69, 9.17) is 30.5 Å². The Balaban J connectivity index is 1.41. The largest absolute Gasteiger partial charge is 0.487 e. The molecule has 234 valence electrons. The summed E-state index contributed by atoms with van der Waals surface area (Å²) in [5.74, 6) is 0.845. The molecule has 45 heavy (non-hydrogen) atoms. The molecule has 4 nitrogen and oxygen atoms in total. The molecule has 6 rings (SSSR count). The Morgan fingerprint density at radius 2 is 1.40 bits per heavy atom. The first-order valence-corrected chi connectivity index (χ1v) is 16.6. The van der Waals surface area contributed by atoms with Gasteiger partial charge in [-0.1, -0.05) is 129 Å².